The predicted molar refractivity (Wildman–Crippen MR) is 75.1 cm³/mol. The average molecular weight is 297 g/mol. The maximum absolute atomic E-state index is 11.4. The minimum Gasteiger partial charge on any atom is -0.476 e. The van der Waals surface area contributed by atoms with Gasteiger partial charge in [-0.25, -0.2) is 18.2 Å². The van der Waals surface area contributed by atoms with Crippen molar-refractivity contribution in [2.24, 2.45) is 0 Å². The molecule has 0 saturated heterocycles. The van der Waals surface area contributed by atoms with E-state index in [1.165, 1.54) is 9.30 Å². The van der Waals surface area contributed by atoms with Gasteiger partial charge >= 0.3 is 5.97 Å². The quantitative estimate of drug-likeness (QED) is 0.864. The lowest BCUT2D eigenvalue weighted by Crippen LogP contribution is -2.26. The Bertz CT molecular complexity index is 751. The third kappa shape index (κ3) is 2.90. The number of hydrogen-bond donors (Lipinski definition) is 1. The number of aromatic carboxylic acids is 1. The number of pyridine rings is 1. The molecule has 2 aromatic rings. The lowest BCUT2D eigenvalue weighted by Gasteiger charge is -2.16. The first-order chi connectivity index (χ1) is 9.29. The van der Waals surface area contributed by atoms with Crippen molar-refractivity contribution in [3.8, 4) is 0 Å². The van der Waals surface area contributed by atoms with Gasteiger partial charge in [-0.15, -0.1) is 0 Å². The van der Waals surface area contributed by atoms with Crippen molar-refractivity contribution >= 4 is 27.3 Å². The second kappa shape index (κ2) is 5.12. The molecular formula is C12H15N3O4S. The van der Waals surface area contributed by atoms with Crippen LogP contribution >= 0.6 is 0 Å². The smallest absolute Gasteiger partial charge is 0.356 e. The Hall–Kier alpha value is -2.09. The van der Waals surface area contributed by atoms with Crippen molar-refractivity contribution in [2.45, 2.75) is 0 Å². The van der Waals surface area contributed by atoms with E-state index >= 15 is 0 Å². The Balaban J connectivity index is 2.43. The lowest BCUT2D eigenvalue weighted by atomic mass is 10.4. The maximum atomic E-state index is 11.4. The zero-order valence-electron chi connectivity index (χ0n) is 11.1. The SMILES string of the molecule is CN(CCS(C)(=O)=O)c1nc2ccccn2c1C(=O)O. The molecule has 0 fully saturated rings. The maximum Gasteiger partial charge on any atom is 0.356 e. The lowest BCUT2D eigenvalue weighted by molar-refractivity contribution is 0.0690. The zero-order chi connectivity index (χ0) is 14.9. The zero-order valence-corrected chi connectivity index (χ0v) is 12.0. The number of rotatable bonds is 5. The minimum atomic E-state index is -3.11. The van der Waals surface area contributed by atoms with Crippen LogP contribution in [0.5, 0.6) is 0 Å². The van der Waals surface area contributed by atoms with E-state index in [0.29, 0.717) is 5.65 Å². The molecule has 0 aromatic carbocycles. The largest absolute Gasteiger partial charge is 0.476 e. The minimum absolute atomic E-state index is 0.0246. The summed E-state index contributed by atoms with van der Waals surface area (Å²) in [6, 6.07) is 5.16. The fraction of sp³-hybridized carbons (Fsp3) is 0.333. The van der Waals surface area contributed by atoms with E-state index in [0.717, 1.165) is 6.26 Å². The van der Waals surface area contributed by atoms with Crippen LogP contribution in [0.4, 0.5) is 5.82 Å². The number of carbonyl (C=O) groups is 1. The molecule has 2 heterocycles. The molecule has 8 heteroatoms. The third-order valence-corrected chi connectivity index (χ3v) is 3.80. The molecule has 20 heavy (non-hydrogen) atoms. The number of carboxylic acid groups (broad SMARTS) is 1. The van der Waals surface area contributed by atoms with Gasteiger partial charge in [0.25, 0.3) is 0 Å². The standard InChI is InChI=1S/C12H15N3O4S/c1-14(7-8-20(2,18)19)11-10(12(16)17)15-6-4-3-5-9(15)13-11/h3-6H,7-8H2,1-2H3,(H,16,17). The van der Waals surface area contributed by atoms with Gasteiger partial charge < -0.3 is 10.0 Å². The first-order valence-electron chi connectivity index (χ1n) is 5.89. The van der Waals surface area contributed by atoms with Crippen LogP contribution in [-0.2, 0) is 9.84 Å². The molecular weight excluding hydrogens is 282 g/mol. The molecule has 108 valence electrons. The van der Waals surface area contributed by atoms with E-state index in [-0.39, 0.29) is 23.8 Å². The number of anilines is 1. The third-order valence-electron chi connectivity index (χ3n) is 2.87. The van der Waals surface area contributed by atoms with Gasteiger partial charge in [-0.3, -0.25) is 4.40 Å². The van der Waals surface area contributed by atoms with Crippen LogP contribution in [-0.4, -0.2) is 54.5 Å². The Kier molecular flexibility index (Phi) is 3.67. The molecule has 0 spiro atoms. The monoisotopic (exact) mass is 297 g/mol. The number of nitrogens with zero attached hydrogens (tertiary/aromatic N) is 3. The second-order valence-electron chi connectivity index (χ2n) is 4.57. The molecule has 0 saturated carbocycles. The van der Waals surface area contributed by atoms with E-state index in [1.807, 2.05) is 0 Å². The molecule has 0 radical (unpaired) electrons. The van der Waals surface area contributed by atoms with Crippen molar-refractivity contribution in [1.29, 1.82) is 0 Å². The first-order valence-corrected chi connectivity index (χ1v) is 7.95. The van der Waals surface area contributed by atoms with Gasteiger partial charge in [0, 0.05) is 26.0 Å². The van der Waals surface area contributed by atoms with Gasteiger partial charge in [-0.1, -0.05) is 6.07 Å². The fourth-order valence-corrected chi connectivity index (χ4v) is 2.46. The predicted octanol–water partition coefficient (Wildman–Crippen LogP) is 0.513. The summed E-state index contributed by atoms with van der Waals surface area (Å²) >= 11 is 0. The second-order valence-corrected chi connectivity index (χ2v) is 6.83. The molecule has 2 rings (SSSR count). The van der Waals surface area contributed by atoms with E-state index in [2.05, 4.69) is 4.98 Å². The Morgan fingerprint density at radius 3 is 2.75 bits per heavy atom. The fourth-order valence-electron chi connectivity index (χ4n) is 1.86. The van der Waals surface area contributed by atoms with Gasteiger partial charge in [0.2, 0.25) is 0 Å². The number of hydrogen-bond acceptors (Lipinski definition) is 5. The molecule has 0 aliphatic carbocycles. The Labute approximate surface area is 116 Å². The molecule has 0 aliphatic rings. The molecule has 0 amide bonds. The highest BCUT2D eigenvalue weighted by atomic mass is 32.2. The molecule has 7 nitrogen and oxygen atoms in total. The van der Waals surface area contributed by atoms with Gasteiger partial charge in [0.15, 0.2) is 11.5 Å². The van der Waals surface area contributed by atoms with Gasteiger partial charge in [-0.2, -0.15) is 0 Å². The van der Waals surface area contributed by atoms with Gasteiger partial charge in [0.1, 0.15) is 15.5 Å². The summed E-state index contributed by atoms with van der Waals surface area (Å²) in [6.07, 6.45) is 2.75. The summed E-state index contributed by atoms with van der Waals surface area (Å²) in [5.74, 6) is -0.909. The van der Waals surface area contributed by atoms with Crippen molar-refractivity contribution < 1.29 is 18.3 Å². The van der Waals surface area contributed by atoms with Crippen LogP contribution in [0.1, 0.15) is 10.5 Å². The van der Waals surface area contributed by atoms with Gasteiger partial charge in [0.05, 0.1) is 5.75 Å². The summed E-state index contributed by atoms with van der Waals surface area (Å²) < 4.78 is 23.8. The van der Waals surface area contributed by atoms with Crippen LogP contribution in [0, 0.1) is 0 Å². The highest BCUT2D eigenvalue weighted by molar-refractivity contribution is 7.90. The van der Waals surface area contributed by atoms with Crippen LogP contribution in [0.25, 0.3) is 5.65 Å². The summed E-state index contributed by atoms with van der Waals surface area (Å²) in [5.41, 5.74) is 0.530. The molecule has 0 aliphatic heterocycles. The molecule has 0 atom stereocenters. The van der Waals surface area contributed by atoms with E-state index in [9.17, 15) is 18.3 Å². The van der Waals surface area contributed by atoms with Crippen LogP contribution < -0.4 is 4.90 Å². The molecule has 0 unspecified atom stereocenters. The van der Waals surface area contributed by atoms with E-state index < -0.39 is 15.8 Å². The number of fused-ring (bicyclic) bond motifs is 1. The normalized spacial score (nSPS) is 11.7. The van der Waals surface area contributed by atoms with Crippen LogP contribution in [0.15, 0.2) is 24.4 Å². The topological polar surface area (TPSA) is 92.0 Å². The van der Waals surface area contributed by atoms with E-state index in [4.69, 9.17) is 0 Å². The van der Waals surface area contributed by atoms with Crippen molar-refractivity contribution in [3.63, 3.8) is 0 Å². The Morgan fingerprint density at radius 1 is 1.45 bits per heavy atom. The molecule has 1 N–H and O–H groups in total. The van der Waals surface area contributed by atoms with E-state index in [1.54, 1.807) is 31.4 Å². The van der Waals surface area contributed by atoms with Crippen molar-refractivity contribution in [1.82, 2.24) is 9.38 Å². The summed E-state index contributed by atoms with van der Waals surface area (Å²) in [4.78, 5) is 17.2. The van der Waals surface area contributed by atoms with Crippen LogP contribution in [0.2, 0.25) is 0 Å². The molecule has 2 aromatic heterocycles. The highest BCUT2D eigenvalue weighted by Crippen LogP contribution is 2.20. The number of sulfone groups is 1. The summed E-state index contributed by atoms with van der Waals surface area (Å²) in [7, 11) is -1.49. The number of aromatic nitrogens is 2. The van der Waals surface area contributed by atoms with Crippen molar-refractivity contribution in [3.05, 3.63) is 30.1 Å². The number of carboxylic acids is 1. The highest BCUT2D eigenvalue weighted by Gasteiger charge is 2.21. The molecule has 0 bridgehead atoms. The van der Waals surface area contributed by atoms with Gasteiger partial charge in [-0.05, 0) is 12.1 Å². The summed E-state index contributed by atoms with van der Waals surface area (Å²) in [6.45, 7) is 0.184. The first kappa shape index (κ1) is 14.3. The number of imidazole rings is 1. The summed E-state index contributed by atoms with van der Waals surface area (Å²) in [5, 5.41) is 9.32. The Morgan fingerprint density at radius 2 is 2.15 bits per heavy atom. The average Bonchev–Trinajstić information content (AvgIpc) is 2.74. The van der Waals surface area contributed by atoms with Crippen LogP contribution in [0.3, 0.4) is 0 Å². The van der Waals surface area contributed by atoms with Crippen molar-refractivity contribution in [2.75, 3.05) is 30.5 Å².